The highest BCUT2D eigenvalue weighted by Gasteiger charge is 2.29. The first kappa shape index (κ1) is 11.7. The minimum atomic E-state index is -0.652. The van der Waals surface area contributed by atoms with Crippen molar-refractivity contribution in [2.75, 3.05) is 0 Å². The molecule has 0 amide bonds. The van der Waals surface area contributed by atoms with Gasteiger partial charge in [0.1, 0.15) is 0 Å². The number of carbonyl (C=O) groups is 1. The number of hydrogen-bond acceptors (Lipinski definition) is 3. The normalized spacial score (nSPS) is 24.2. The third-order valence-corrected chi connectivity index (χ3v) is 4.88. The molecular weight excluding hydrogens is 246 g/mol. The average Bonchev–Trinajstić information content (AvgIpc) is 2.82. The number of aromatic nitrogens is 1. The maximum Gasteiger partial charge on any atom is 0.306 e. The van der Waals surface area contributed by atoms with Gasteiger partial charge in [0.2, 0.25) is 0 Å². The van der Waals surface area contributed by atoms with Crippen molar-refractivity contribution in [3.8, 4) is 0 Å². The molecule has 3 nitrogen and oxygen atoms in total. The molecule has 1 aromatic heterocycles. The quantitative estimate of drug-likeness (QED) is 0.897. The zero-order chi connectivity index (χ0) is 12.5. The second kappa shape index (κ2) is 4.69. The Bertz CT molecular complexity index is 545. The highest BCUT2D eigenvalue weighted by atomic mass is 32.1. The Kier molecular flexibility index (Phi) is 3.04. The Labute approximate surface area is 109 Å². The molecule has 0 saturated heterocycles. The van der Waals surface area contributed by atoms with Gasteiger partial charge in [-0.25, -0.2) is 4.98 Å². The first-order valence-corrected chi connectivity index (χ1v) is 7.14. The molecule has 1 fully saturated rings. The Morgan fingerprint density at radius 1 is 1.33 bits per heavy atom. The van der Waals surface area contributed by atoms with E-state index >= 15 is 0 Å². The Balaban J connectivity index is 1.87. The molecule has 2 unspecified atom stereocenters. The average molecular weight is 261 g/mol. The van der Waals surface area contributed by atoms with E-state index in [0.29, 0.717) is 5.92 Å². The van der Waals surface area contributed by atoms with Gasteiger partial charge in [-0.05, 0) is 31.4 Å². The summed E-state index contributed by atoms with van der Waals surface area (Å²) in [6.45, 7) is 0. The zero-order valence-corrected chi connectivity index (χ0v) is 10.8. The Morgan fingerprint density at radius 2 is 2.17 bits per heavy atom. The molecule has 2 atom stereocenters. The number of rotatable bonds is 2. The predicted molar refractivity (Wildman–Crippen MR) is 72.0 cm³/mol. The molecule has 3 rings (SSSR count). The van der Waals surface area contributed by atoms with Crippen molar-refractivity contribution in [3.05, 3.63) is 29.3 Å². The van der Waals surface area contributed by atoms with Crippen LogP contribution < -0.4 is 0 Å². The van der Waals surface area contributed by atoms with Crippen LogP contribution >= 0.6 is 11.3 Å². The standard InChI is InChI=1S/C14H15NO2S/c16-14(17)10-5-3-4-9(8-10)13-15-11-6-1-2-7-12(11)18-13/h1-2,6-7,9-10H,3-5,8H2,(H,16,17). The van der Waals surface area contributed by atoms with Crippen LogP contribution in [0.4, 0.5) is 0 Å². The van der Waals surface area contributed by atoms with Gasteiger partial charge in [0.05, 0.1) is 21.1 Å². The molecule has 4 heteroatoms. The largest absolute Gasteiger partial charge is 0.481 e. The fourth-order valence-electron chi connectivity index (χ4n) is 2.70. The maximum absolute atomic E-state index is 11.1. The van der Waals surface area contributed by atoms with E-state index in [0.717, 1.165) is 36.2 Å². The lowest BCUT2D eigenvalue weighted by molar-refractivity contribution is -0.142. The molecule has 0 spiro atoms. The van der Waals surface area contributed by atoms with Gasteiger partial charge in [-0.15, -0.1) is 11.3 Å². The van der Waals surface area contributed by atoms with Gasteiger partial charge in [-0.3, -0.25) is 4.79 Å². The number of hydrogen-bond donors (Lipinski definition) is 1. The molecule has 0 radical (unpaired) electrons. The highest BCUT2D eigenvalue weighted by molar-refractivity contribution is 7.18. The van der Waals surface area contributed by atoms with Gasteiger partial charge in [-0.1, -0.05) is 18.6 Å². The van der Waals surface area contributed by atoms with Gasteiger partial charge in [0.25, 0.3) is 0 Å². The zero-order valence-electron chi connectivity index (χ0n) is 10.0. The number of nitrogens with zero attached hydrogens (tertiary/aromatic N) is 1. The van der Waals surface area contributed by atoms with Crippen LogP contribution in [0.1, 0.15) is 36.6 Å². The van der Waals surface area contributed by atoms with Crippen LogP contribution in [0.15, 0.2) is 24.3 Å². The summed E-state index contributed by atoms with van der Waals surface area (Å²) in [5.41, 5.74) is 1.04. The number of para-hydroxylation sites is 1. The van der Waals surface area contributed by atoms with E-state index in [1.165, 1.54) is 4.70 Å². The van der Waals surface area contributed by atoms with Crippen molar-refractivity contribution < 1.29 is 9.90 Å². The number of aliphatic carboxylic acids is 1. The van der Waals surface area contributed by atoms with E-state index < -0.39 is 5.97 Å². The second-order valence-electron chi connectivity index (χ2n) is 4.92. The molecule has 1 heterocycles. The van der Waals surface area contributed by atoms with Crippen LogP contribution in [0.5, 0.6) is 0 Å². The Morgan fingerprint density at radius 3 is 2.94 bits per heavy atom. The summed E-state index contributed by atoms with van der Waals surface area (Å²) < 4.78 is 1.20. The molecule has 1 aliphatic rings. The summed E-state index contributed by atoms with van der Waals surface area (Å²) in [6, 6.07) is 8.11. The van der Waals surface area contributed by atoms with Gasteiger partial charge < -0.3 is 5.11 Å². The summed E-state index contributed by atoms with van der Waals surface area (Å²) in [4.78, 5) is 15.7. The van der Waals surface area contributed by atoms with Crippen LogP contribution in [-0.4, -0.2) is 16.1 Å². The van der Waals surface area contributed by atoms with Crippen LogP contribution in [0.25, 0.3) is 10.2 Å². The van der Waals surface area contributed by atoms with Gasteiger partial charge in [0, 0.05) is 5.92 Å². The lowest BCUT2D eigenvalue weighted by atomic mass is 9.82. The number of benzene rings is 1. The first-order chi connectivity index (χ1) is 8.74. The number of fused-ring (bicyclic) bond motifs is 1. The minimum absolute atomic E-state index is 0.184. The van der Waals surface area contributed by atoms with Crippen LogP contribution in [0, 0.1) is 5.92 Å². The molecule has 1 N–H and O–H groups in total. The third kappa shape index (κ3) is 2.12. The second-order valence-corrected chi connectivity index (χ2v) is 5.98. The predicted octanol–water partition coefficient (Wildman–Crippen LogP) is 3.65. The molecule has 94 valence electrons. The van der Waals surface area contributed by atoms with Crippen molar-refractivity contribution >= 4 is 27.5 Å². The topological polar surface area (TPSA) is 50.2 Å². The van der Waals surface area contributed by atoms with Crippen LogP contribution in [-0.2, 0) is 4.79 Å². The van der Waals surface area contributed by atoms with Gasteiger partial charge in [0.15, 0.2) is 0 Å². The molecule has 2 aromatic rings. The molecule has 1 saturated carbocycles. The molecule has 0 bridgehead atoms. The smallest absolute Gasteiger partial charge is 0.306 e. The third-order valence-electron chi connectivity index (χ3n) is 3.68. The summed E-state index contributed by atoms with van der Waals surface area (Å²) in [7, 11) is 0. The van der Waals surface area contributed by atoms with Crippen molar-refractivity contribution in [3.63, 3.8) is 0 Å². The van der Waals surface area contributed by atoms with E-state index in [9.17, 15) is 4.79 Å². The van der Waals surface area contributed by atoms with Crippen molar-refractivity contribution in [1.29, 1.82) is 0 Å². The molecular formula is C14H15NO2S. The fourth-order valence-corrected chi connectivity index (χ4v) is 3.82. The summed E-state index contributed by atoms with van der Waals surface area (Å²) in [5.74, 6) is -0.506. The van der Waals surface area contributed by atoms with Gasteiger partial charge >= 0.3 is 5.97 Å². The highest BCUT2D eigenvalue weighted by Crippen LogP contribution is 2.39. The van der Waals surface area contributed by atoms with E-state index in [-0.39, 0.29) is 5.92 Å². The van der Waals surface area contributed by atoms with Crippen molar-refractivity contribution in [2.24, 2.45) is 5.92 Å². The minimum Gasteiger partial charge on any atom is -0.481 e. The number of carboxylic acids is 1. The summed E-state index contributed by atoms with van der Waals surface area (Å²) in [6.07, 6.45) is 3.63. The monoisotopic (exact) mass is 261 g/mol. The number of thiazole rings is 1. The maximum atomic E-state index is 11.1. The van der Waals surface area contributed by atoms with Crippen LogP contribution in [0.3, 0.4) is 0 Å². The van der Waals surface area contributed by atoms with Gasteiger partial charge in [-0.2, -0.15) is 0 Å². The van der Waals surface area contributed by atoms with Crippen molar-refractivity contribution in [2.45, 2.75) is 31.6 Å². The summed E-state index contributed by atoms with van der Waals surface area (Å²) >= 11 is 1.71. The Hall–Kier alpha value is -1.42. The summed E-state index contributed by atoms with van der Waals surface area (Å²) in [5, 5.41) is 10.2. The first-order valence-electron chi connectivity index (χ1n) is 6.32. The van der Waals surface area contributed by atoms with Crippen molar-refractivity contribution in [1.82, 2.24) is 4.98 Å². The van der Waals surface area contributed by atoms with E-state index in [1.54, 1.807) is 11.3 Å². The molecule has 18 heavy (non-hydrogen) atoms. The van der Waals surface area contributed by atoms with E-state index in [1.807, 2.05) is 18.2 Å². The SMILES string of the molecule is O=C(O)C1CCCC(c2nc3ccccc3s2)C1. The fraction of sp³-hybridized carbons (Fsp3) is 0.429. The van der Waals surface area contributed by atoms with E-state index in [2.05, 4.69) is 11.1 Å². The lowest BCUT2D eigenvalue weighted by Gasteiger charge is -2.24. The molecule has 1 aromatic carbocycles. The molecule has 1 aliphatic carbocycles. The molecule has 0 aliphatic heterocycles. The van der Waals surface area contributed by atoms with Crippen LogP contribution in [0.2, 0.25) is 0 Å². The lowest BCUT2D eigenvalue weighted by Crippen LogP contribution is -2.21. The number of carboxylic acid groups (broad SMARTS) is 1. The van der Waals surface area contributed by atoms with E-state index in [4.69, 9.17) is 5.11 Å².